The lowest BCUT2D eigenvalue weighted by molar-refractivity contribution is 0.475. The van der Waals surface area contributed by atoms with Gasteiger partial charge >= 0.3 is 0 Å². The first-order chi connectivity index (χ1) is 6.27. The molecule has 0 unspecified atom stereocenters. The lowest BCUT2D eigenvalue weighted by Gasteiger charge is -1.99. The van der Waals surface area contributed by atoms with Gasteiger partial charge in [0, 0.05) is 10.9 Å². The zero-order valence-electron chi connectivity index (χ0n) is 6.44. The quantitative estimate of drug-likeness (QED) is 0.790. The van der Waals surface area contributed by atoms with Crippen LogP contribution in [0.5, 0.6) is 5.75 Å². The van der Waals surface area contributed by atoms with Gasteiger partial charge in [0.05, 0.1) is 5.02 Å². The summed E-state index contributed by atoms with van der Waals surface area (Å²) in [6, 6.07) is 4.73. The molecule has 1 aromatic heterocycles. The second-order valence-electron chi connectivity index (χ2n) is 2.45. The molecule has 0 bridgehead atoms. The Kier molecular flexibility index (Phi) is 2.16. The molecule has 1 aromatic carbocycles. The number of halogens is 1. The van der Waals surface area contributed by atoms with Crippen LogP contribution < -0.4 is 0 Å². The lowest BCUT2D eigenvalue weighted by Crippen LogP contribution is -1.79. The molecule has 1 heterocycles. The van der Waals surface area contributed by atoms with Gasteiger partial charge in [-0.15, -0.1) is 5.10 Å². The SMILES string of the molecule is Oc1ccc(Cl)c(-c2csnn2)c1. The molecule has 5 heteroatoms. The van der Waals surface area contributed by atoms with Crippen LogP contribution in [0.2, 0.25) is 5.02 Å². The maximum absolute atomic E-state index is 9.23. The Labute approximate surface area is 83.8 Å². The zero-order chi connectivity index (χ0) is 9.26. The lowest BCUT2D eigenvalue weighted by atomic mass is 10.2. The van der Waals surface area contributed by atoms with Crippen molar-refractivity contribution in [1.29, 1.82) is 0 Å². The van der Waals surface area contributed by atoms with Crippen LogP contribution in [-0.4, -0.2) is 14.7 Å². The average molecular weight is 213 g/mol. The number of hydrogen-bond donors (Lipinski definition) is 1. The second-order valence-corrected chi connectivity index (χ2v) is 3.47. The molecule has 0 aliphatic heterocycles. The van der Waals surface area contributed by atoms with Gasteiger partial charge in [-0.1, -0.05) is 16.1 Å². The highest BCUT2D eigenvalue weighted by atomic mass is 35.5. The fraction of sp³-hybridized carbons (Fsp3) is 0. The van der Waals surface area contributed by atoms with Crippen LogP contribution >= 0.6 is 23.1 Å². The van der Waals surface area contributed by atoms with Crippen molar-refractivity contribution in [2.24, 2.45) is 0 Å². The third kappa shape index (κ3) is 1.64. The predicted molar refractivity (Wildman–Crippen MR) is 52.0 cm³/mol. The van der Waals surface area contributed by atoms with Crippen LogP contribution in [0.4, 0.5) is 0 Å². The van der Waals surface area contributed by atoms with Gasteiger partial charge < -0.3 is 5.11 Å². The second kappa shape index (κ2) is 3.32. The normalized spacial score (nSPS) is 10.2. The highest BCUT2D eigenvalue weighted by Crippen LogP contribution is 2.29. The van der Waals surface area contributed by atoms with E-state index in [4.69, 9.17) is 11.6 Å². The van der Waals surface area contributed by atoms with E-state index in [1.807, 2.05) is 0 Å². The van der Waals surface area contributed by atoms with Crippen LogP contribution in [-0.2, 0) is 0 Å². The molecular weight excluding hydrogens is 208 g/mol. The summed E-state index contributed by atoms with van der Waals surface area (Å²) in [6.07, 6.45) is 0. The van der Waals surface area contributed by atoms with E-state index in [9.17, 15) is 5.11 Å². The fourth-order valence-corrected chi connectivity index (χ4v) is 1.66. The van der Waals surface area contributed by atoms with Gasteiger partial charge in [0.2, 0.25) is 0 Å². The Hall–Kier alpha value is -1.13. The number of phenols is 1. The summed E-state index contributed by atoms with van der Waals surface area (Å²) in [5, 5.41) is 15.4. The van der Waals surface area contributed by atoms with Gasteiger partial charge in [-0.2, -0.15) is 0 Å². The summed E-state index contributed by atoms with van der Waals surface area (Å²) >= 11 is 7.16. The molecule has 0 atom stereocenters. The molecule has 2 rings (SSSR count). The average Bonchev–Trinajstić information content (AvgIpc) is 2.61. The van der Waals surface area contributed by atoms with Gasteiger partial charge in [0.15, 0.2) is 0 Å². The summed E-state index contributed by atoms with van der Waals surface area (Å²) < 4.78 is 3.72. The van der Waals surface area contributed by atoms with Crippen LogP contribution in [0.25, 0.3) is 11.3 Å². The molecule has 0 saturated carbocycles. The van der Waals surface area contributed by atoms with E-state index in [-0.39, 0.29) is 5.75 Å². The van der Waals surface area contributed by atoms with Crippen molar-refractivity contribution in [3.63, 3.8) is 0 Å². The van der Waals surface area contributed by atoms with Gasteiger partial charge in [-0.05, 0) is 29.7 Å². The van der Waals surface area contributed by atoms with E-state index in [2.05, 4.69) is 9.59 Å². The molecule has 0 spiro atoms. The Morgan fingerprint density at radius 3 is 2.92 bits per heavy atom. The van der Waals surface area contributed by atoms with Crippen molar-refractivity contribution in [2.45, 2.75) is 0 Å². The minimum Gasteiger partial charge on any atom is -0.508 e. The molecule has 66 valence electrons. The van der Waals surface area contributed by atoms with Crippen LogP contribution in [0.15, 0.2) is 23.6 Å². The van der Waals surface area contributed by atoms with E-state index >= 15 is 0 Å². The fourth-order valence-electron chi connectivity index (χ4n) is 0.992. The van der Waals surface area contributed by atoms with Gasteiger partial charge in [0.25, 0.3) is 0 Å². The molecule has 0 aliphatic rings. The van der Waals surface area contributed by atoms with E-state index in [1.165, 1.54) is 17.6 Å². The molecule has 0 aliphatic carbocycles. The van der Waals surface area contributed by atoms with Gasteiger partial charge in [-0.25, -0.2) is 0 Å². The van der Waals surface area contributed by atoms with E-state index < -0.39 is 0 Å². The van der Waals surface area contributed by atoms with Crippen molar-refractivity contribution in [3.8, 4) is 17.0 Å². The van der Waals surface area contributed by atoms with Crippen molar-refractivity contribution in [1.82, 2.24) is 9.59 Å². The minimum atomic E-state index is 0.174. The first-order valence-electron chi connectivity index (χ1n) is 3.53. The van der Waals surface area contributed by atoms with Crippen molar-refractivity contribution >= 4 is 23.1 Å². The first kappa shape index (κ1) is 8.47. The van der Waals surface area contributed by atoms with E-state index in [1.54, 1.807) is 17.5 Å². The predicted octanol–water partition coefficient (Wildman–Crippen LogP) is 2.56. The third-order valence-electron chi connectivity index (χ3n) is 1.59. The molecule has 3 nitrogen and oxygen atoms in total. The zero-order valence-corrected chi connectivity index (χ0v) is 8.01. The van der Waals surface area contributed by atoms with Crippen molar-refractivity contribution in [2.75, 3.05) is 0 Å². The summed E-state index contributed by atoms with van der Waals surface area (Å²) in [7, 11) is 0. The van der Waals surface area contributed by atoms with Crippen molar-refractivity contribution in [3.05, 3.63) is 28.6 Å². The molecule has 2 aromatic rings. The Bertz CT molecular complexity index is 416. The highest BCUT2D eigenvalue weighted by molar-refractivity contribution is 7.03. The number of rotatable bonds is 1. The number of phenolic OH excluding ortho intramolecular Hbond substituents is 1. The Balaban J connectivity index is 2.57. The number of benzene rings is 1. The molecular formula is C8H5ClN2OS. The van der Waals surface area contributed by atoms with Crippen molar-refractivity contribution < 1.29 is 5.11 Å². The van der Waals surface area contributed by atoms with Crippen LogP contribution in [0.1, 0.15) is 0 Å². The highest BCUT2D eigenvalue weighted by Gasteiger charge is 2.06. The standard InChI is InChI=1S/C8H5ClN2OS/c9-7-2-1-5(12)3-6(7)8-4-13-11-10-8/h1-4,12H. The maximum Gasteiger partial charge on any atom is 0.116 e. The van der Waals surface area contributed by atoms with Gasteiger partial charge in [-0.3, -0.25) is 0 Å². The van der Waals surface area contributed by atoms with E-state index in [0.29, 0.717) is 16.3 Å². The Morgan fingerprint density at radius 1 is 1.38 bits per heavy atom. The number of aromatic hydroxyl groups is 1. The number of aromatic nitrogens is 2. The largest absolute Gasteiger partial charge is 0.508 e. The molecule has 1 N–H and O–H groups in total. The van der Waals surface area contributed by atoms with Gasteiger partial charge in [0.1, 0.15) is 11.4 Å². The topological polar surface area (TPSA) is 46.0 Å². The maximum atomic E-state index is 9.23. The van der Waals surface area contributed by atoms with E-state index in [0.717, 1.165) is 0 Å². The first-order valence-corrected chi connectivity index (χ1v) is 4.75. The number of nitrogens with zero attached hydrogens (tertiary/aromatic N) is 2. The number of hydrogen-bond acceptors (Lipinski definition) is 4. The molecule has 13 heavy (non-hydrogen) atoms. The van der Waals surface area contributed by atoms with Crippen LogP contribution in [0, 0.1) is 0 Å². The third-order valence-corrected chi connectivity index (χ3v) is 2.42. The minimum absolute atomic E-state index is 0.174. The summed E-state index contributed by atoms with van der Waals surface area (Å²) in [5.74, 6) is 0.174. The molecule has 0 radical (unpaired) electrons. The molecule has 0 saturated heterocycles. The summed E-state index contributed by atoms with van der Waals surface area (Å²) in [4.78, 5) is 0. The monoisotopic (exact) mass is 212 g/mol. The molecule has 0 fully saturated rings. The molecule has 0 amide bonds. The summed E-state index contributed by atoms with van der Waals surface area (Å²) in [5.41, 5.74) is 1.39. The van der Waals surface area contributed by atoms with Crippen LogP contribution in [0.3, 0.4) is 0 Å². The smallest absolute Gasteiger partial charge is 0.116 e. The summed E-state index contributed by atoms with van der Waals surface area (Å²) in [6.45, 7) is 0. The Morgan fingerprint density at radius 2 is 2.23 bits per heavy atom.